The van der Waals surface area contributed by atoms with E-state index in [9.17, 15) is 31.5 Å². The molecule has 0 saturated heterocycles. The topological polar surface area (TPSA) is 84.6 Å². The Labute approximate surface area is 189 Å². The first-order valence-electron chi connectivity index (χ1n) is 10.1. The summed E-state index contributed by atoms with van der Waals surface area (Å²) in [6.07, 6.45) is -4.83. The monoisotopic (exact) mass is 480 g/mol. The van der Waals surface area contributed by atoms with Gasteiger partial charge < -0.3 is 9.52 Å². The van der Waals surface area contributed by atoms with Crippen LogP contribution in [0.4, 0.5) is 13.2 Å². The molecule has 3 aromatic rings. The van der Waals surface area contributed by atoms with Crippen LogP contribution in [-0.4, -0.2) is 18.8 Å². The van der Waals surface area contributed by atoms with Crippen molar-refractivity contribution in [3.05, 3.63) is 80.9 Å². The Bertz CT molecular complexity index is 1330. The van der Waals surface area contributed by atoms with Crippen molar-refractivity contribution in [2.75, 3.05) is 0 Å². The number of hydrogen-bond acceptors (Lipinski definition) is 5. The summed E-state index contributed by atoms with van der Waals surface area (Å²) < 4.78 is 69.2. The van der Waals surface area contributed by atoms with Gasteiger partial charge in [-0.3, -0.25) is 0 Å². The van der Waals surface area contributed by atoms with Crippen molar-refractivity contribution < 1.29 is 31.1 Å². The van der Waals surface area contributed by atoms with Gasteiger partial charge in [0.2, 0.25) is 0 Å². The number of sulfone groups is 1. The normalized spacial score (nSPS) is 13.2. The maximum absolute atomic E-state index is 12.8. The Morgan fingerprint density at radius 1 is 0.970 bits per heavy atom. The van der Waals surface area contributed by atoms with E-state index < -0.39 is 32.5 Å². The predicted molar refractivity (Wildman–Crippen MR) is 118 cm³/mol. The van der Waals surface area contributed by atoms with Gasteiger partial charge in [-0.25, -0.2) is 13.2 Å². The van der Waals surface area contributed by atoms with Gasteiger partial charge in [0.05, 0.1) is 15.7 Å². The van der Waals surface area contributed by atoms with Crippen molar-refractivity contribution in [2.24, 2.45) is 0 Å². The molecule has 9 heteroatoms. The number of benzene rings is 2. The van der Waals surface area contributed by atoms with Crippen LogP contribution < -0.4 is 5.63 Å². The molecule has 1 aromatic heterocycles. The first-order valence-corrected chi connectivity index (χ1v) is 11.6. The van der Waals surface area contributed by atoms with E-state index in [1.165, 1.54) is 13.0 Å². The maximum atomic E-state index is 12.8. The highest BCUT2D eigenvalue weighted by atomic mass is 32.2. The molecule has 0 fully saturated rings. The second-order valence-electron chi connectivity index (χ2n) is 8.12. The molecule has 2 aromatic carbocycles. The van der Waals surface area contributed by atoms with Crippen molar-refractivity contribution in [2.45, 2.75) is 50.4 Å². The Morgan fingerprint density at radius 3 is 2.00 bits per heavy atom. The highest BCUT2D eigenvalue weighted by Crippen LogP contribution is 2.34. The van der Waals surface area contributed by atoms with E-state index in [-0.39, 0.29) is 28.4 Å². The van der Waals surface area contributed by atoms with Crippen LogP contribution in [0.2, 0.25) is 0 Å². The fraction of sp³-hybridized carbons (Fsp3) is 0.292. The highest BCUT2D eigenvalue weighted by Gasteiger charge is 2.32. The number of aryl methyl sites for hydroxylation is 3. The lowest BCUT2D eigenvalue weighted by Gasteiger charge is -2.15. The van der Waals surface area contributed by atoms with Crippen LogP contribution in [0.25, 0.3) is 11.1 Å². The molecule has 3 rings (SSSR count). The summed E-state index contributed by atoms with van der Waals surface area (Å²) in [5, 5.41) is 9.45. The minimum atomic E-state index is -4.58. The van der Waals surface area contributed by atoms with Crippen LogP contribution in [0.15, 0.2) is 56.6 Å². The minimum absolute atomic E-state index is 0.00741. The Kier molecular flexibility index (Phi) is 6.48. The number of halogens is 3. The zero-order valence-corrected chi connectivity index (χ0v) is 19.3. The quantitative estimate of drug-likeness (QED) is 0.531. The van der Waals surface area contributed by atoms with Crippen molar-refractivity contribution in [3.8, 4) is 16.9 Å². The van der Waals surface area contributed by atoms with E-state index in [2.05, 4.69) is 0 Å². The maximum Gasteiger partial charge on any atom is 0.416 e. The van der Waals surface area contributed by atoms with E-state index in [0.717, 1.165) is 28.8 Å². The molecule has 1 heterocycles. The van der Waals surface area contributed by atoms with Gasteiger partial charge in [-0.05, 0) is 68.7 Å². The molecule has 0 bridgehead atoms. The fourth-order valence-corrected chi connectivity index (χ4v) is 5.26. The third-order valence-electron chi connectivity index (χ3n) is 5.44. The molecule has 1 N–H and O–H groups in total. The number of aromatic hydroxyl groups is 1. The number of alkyl halides is 3. The Balaban J connectivity index is 1.92. The minimum Gasteiger partial charge on any atom is -0.507 e. The third-order valence-corrected chi connectivity index (χ3v) is 7.59. The molecule has 0 radical (unpaired) electrons. The van der Waals surface area contributed by atoms with Crippen molar-refractivity contribution in [1.82, 2.24) is 0 Å². The average molecular weight is 481 g/mol. The van der Waals surface area contributed by atoms with E-state index in [1.54, 1.807) is 13.8 Å². The molecule has 0 aliphatic heterocycles. The molecule has 1 unspecified atom stereocenters. The second kappa shape index (κ2) is 8.70. The summed E-state index contributed by atoms with van der Waals surface area (Å²) in [4.78, 5) is 12.4. The first-order chi connectivity index (χ1) is 15.2. The Morgan fingerprint density at radius 2 is 1.52 bits per heavy atom. The smallest absolute Gasteiger partial charge is 0.416 e. The molecule has 176 valence electrons. The fourth-order valence-electron chi connectivity index (χ4n) is 3.89. The van der Waals surface area contributed by atoms with Gasteiger partial charge >= 0.3 is 11.8 Å². The second-order valence-corrected chi connectivity index (χ2v) is 10.5. The van der Waals surface area contributed by atoms with E-state index in [1.807, 2.05) is 19.1 Å². The molecular formula is C24H23F3O5S. The molecule has 5 nitrogen and oxygen atoms in total. The van der Waals surface area contributed by atoms with Gasteiger partial charge in [0, 0.05) is 12.5 Å². The Hall–Kier alpha value is -3.07. The van der Waals surface area contributed by atoms with Crippen LogP contribution in [0, 0.1) is 20.8 Å². The van der Waals surface area contributed by atoms with Crippen LogP contribution in [0.5, 0.6) is 5.75 Å². The summed E-state index contributed by atoms with van der Waals surface area (Å²) in [6, 6.07) is 8.14. The van der Waals surface area contributed by atoms with Crippen LogP contribution in [-0.2, 0) is 22.4 Å². The highest BCUT2D eigenvalue weighted by molar-refractivity contribution is 7.92. The predicted octanol–water partition coefficient (Wildman–Crippen LogP) is 5.36. The van der Waals surface area contributed by atoms with Crippen LogP contribution >= 0.6 is 0 Å². The van der Waals surface area contributed by atoms with Gasteiger partial charge in [-0.2, -0.15) is 13.2 Å². The van der Waals surface area contributed by atoms with E-state index in [0.29, 0.717) is 17.7 Å². The van der Waals surface area contributed by atoms with Gasteiger partial charge in [-0.1, -0.05) is 17.7 Å². The van der Waals surface area contributed by atoms with Gasteiger partial charge in [-0.15, -0.1) is 0 Å². The van der Waals surface area contributed by atoms with Crippen LogP contribution in [0.3, 0.4) is 0 Å². The molecule has 0 aliphatic rings. The van der Waals surface area contributed by atoms with E-state index in [4.69, 9.17) is 4.42 Å². The zero-order chi connectivity index (χ0) is 24.7. The van der Waals surface area contributed by atoms with Crippen molar-refractivity contribution in [3.63, 3.8) is 0 Å². The lowest BCUT2D eigenvalue weighted by atomic mass is 9.94. The molecule has 0 aliphatic carbocycles. The van der Waals surface area contributed by atoms with Gasteiger partial charge in [0.25, 0.3) is 0 Å². The van der Waals surface area contributed by atoms with E-state index >= 15 is 0 Å². The molecule has 0 saturated carbocycles. The lowest BCUT2D eigenvalue weighted by Crippen LogP contribution is -2.21. The van der Waals surface area contributed by atoms with Crippen molar-refractivity contribution >= 4 is 9.84 Å². The number of rotatable bonds is 5. The summed E-state index contributed by atoms with van der Waals surface area (Å²) in [7, 11) is -4.02. The largest absolute Gasteiger partial charge is 0.507 e. The lowest BCUT2D eigenvalue weighted by molar-refractivity contribution is -0.137. The summed E-state index contributed by atoms with van der Waals surface area (Å²) in [5.74, 6) is -0.387. The third kappa shape index (κ3) is 4.98. The zero-order valence-electron chi connectivity index (χ0n) is 18.4. The number of hydrogen-bond donors (Lipinski definition) is 1. The summed E-state index contributed by atoms with van der Waals surface area (Å²) in [5.41, 5.74) is 1.33. The van der Waals surface area contributed by atoms with Gasteiger partial charge in [0.1, 0.15) is 17.1 Å². The molecule has 0 spiro atoms. The SMILES string of the molecule is Cc1cc(C)c(-c2c(O)cc(CC(C)S(=O)(=O)c3ccc(C(F)(F)F)cc3)oc2=O)c(C)c1. The summed E-state index contributed by atoms with van der Waals surface area (Å²) >= 11 is 0. The first kappa shape index (κ1) is 24.6. The van der Waals surface area contributed by atoms with Gasteiger partial charge in [0.15, 0.2) is 9.84 Å². The molecular weight excluding hydrogens is 457 g/mol. The molecule has 33 heavy (non-hydrogen) atoms. The molecule has 1 atom stereocenters. The summed E-state index contributed by atoms with van der Waals surface area (Å²) in [6.45, 7) is 6.88. The van der Waals surface area contributed by atoms with Crippen molar-refractivity contribution in [1.29, 1.82) is 0 Å². The average Bonchev–Trinajstić information content (AvgIpc) is 2.68. The van der Waals surface area contributed by atoms with Crippen LogP contribution in [0.1, 0.15) is 34.9 Å². The molecule has 0 amide bonds. The standard InChI is InChI=1S/C24H23F3O5S/c1-13-9-14(2)21(15(3)10-13)22-20(28)12-18(32-23(22)29)11-16(4)33(30,31)19-7-5-17(6-8-19)24(25,26)27/h5-10,12,16,28H,11H2,1-4H3.